The Labute approximate surface area is 200 Å². The summed E-state index contributed by atoms with van der Waals surface area (Å²) < 4.78 is 0. The van der Waals surface area contributed by atoms with E-state index in [4.69, 9.17) is 0 Å². The van der Waals surface area contributed by atoms with Crippen LogP contribution in [0, 0.1) is 12.3 Å². The highest BCUT2D eigenvalue weighted by Gasteiger charge is 2.34. The number of rotatable bonds is 9. The summed E-state index contributed by atoms with van der Waals surface area (Å²) in [5.74, 6) is 0. The lowest BCUT2D eigenvalue weighted by Crippen LogP contribution is -2.30. The summed E-state index contributed by atoms with van der Waals surface area (Å²) in [7, 11) is 0. The first-order valence-corrected chi connectivity index (χ1v) is 12.8. The highest BCUT2D eigenvalue weighted by molar-refractivity contribution is 5.37. The lowest BCUT2D eigenvalue weighted by atomic mass is 9.66. The molecule has 3 nitrogen and oxygen atoms in total. The van der Waals surface area contributed by atoms with Crippen molar-refractivity contribution >= 4 is 0 Å². The fourth-order valence-electron chi connectivity index (χ4n) is 5.46. The molecular formula is C30H44O3. The molecule has 33 heavy (non-hydrogen) atoms. The van der Waals surface area contributed by atoms with Crippen LogP contribution in [0.15, 0.2) is 36.4 Å². The minimum absolute atomic E-state index is 0.0283. The molecule has 1 atom stereocenters. The van der Waals surface area contributed by atoms with Gasteiger partial charge in [0.25, 0.3) is 0 Å². The molecule has 3 rings (SSSR count). The average molecular weight is 453 g/mol. The van der Waals surface area contributed by atoms with Crippen molar-refractivity contribution in [2.75, 3.05) is 0 Å². The standard InChI is InChI=1S/C30H44O3/c1-22-18-27(12-10-24(22)11-13-28(33)29(2,3)4)30(15-6-5-7-16-30)17-14-23-8-9-25(20-31)26(19-23)21-32/h8-10,12,18-19,28,31-33H,5-7,11,13-17,20-21H2,1-4H3. The first-order valence-electron chi connectivity index (χ1n) is 12.8. The van der Waals surface area contributed by atoms with Gasteiger partial charge in [-0.05, 0) is 89.7 Å². The molecule has 1 unspecified atom stereocenters. The Hall–Kier alpha value is -1.68. The Morgan fingerprint density at radius 1 is 0.848 bits per heavy atom. The summed E-state index contributed by atoms with van der Waals surface area (Å²) in [5, 5.41) is 29.6. The van der Waals surface area contributed by atoms with Gasteiger partial charge in [-0.2, -0.15) is 0 Å². The number of hydrogen-bond donors (Lipinski definition) is 3. The summed E-state index contributed by atoms with van der Waals surface area (Å²) in [6.07, 6.45) is 9.87. The molecule has 1 aliphatic rings. The van der Waals surface area contributed by atoms with Gasteiger partial charge in [0.1, 0.15) is 0 Å². The van der Waals surface area contributed by atoms with Crippen molar-refractivity contribution in [3.05, 3.63) is 69.8 Å². The second kappa shape index (κ2) is 11.2. The number of hydrogen-bond acceptors (Lipinski definition) is 3. The van der Waals surface area contributed by atoms with Gasteiger partial charge in [-0.15, -0.1) is 0 Å². The minimum Gasteiger partial charge on any atom is -0.393 e. The molecule has 0 saturated heterocycles. The van der Waals surface area contributed by atoms with Crippen molar-refractivity contribution in [3.8, 4) is 0 Å². The second-order valence-corrected chi connectivity index (χ2v) is 11.3. The topological polar surface area (TPSA) is 60.7 Å². The first kappa shape index (κ1) is 25.9. The predicted octanol–water partition coefficient (Wildman–Crippen LogP) is 6.15. The molecule has 0 aromatic heterocycles. The molecule has 1 aliphatic carbocycles. The van der Waals surface area contributed by atoms with Crippen LogP contribution < -0.4 is 0 Å². The van der Waals surface area contributed by atoms with Crippen LogP contribution in [0.2, 0.25) is 0 Å². The van der Waals surface area contributed by atoms with Crippen LogP contribution in [-0.2, 0) is 31.5 Å². The van der Waals surface area contributed by atoms with Gasteiger partial charge < -0.3 is 15.3 Å². The molecule has 1 saturated carbocycles. The molecular weight excluding hydrogens is 408 g/mol. The van der Waals surface area contributed by atoms with Crippen molar-refractivity contribution in [3.63, 3.8) is 0 Å². The molecule has 0 amide bonds. The Kier molecular flexibility index (Phi) is 8.77. The van der Waals surface area contributed by atoms with Crippen LogP contribution in [-0.4, -0.2) is 21.4 Å². The Morgan fingerprint density at radius 2 is 1.52 bits per heavy atom. The largest absolute Gasteiger partial charge is 0.393 e. The molecule has 1 fully saturated rings. The monoisotopic (exact) mass is 452 g/mol. The molecule has 0 bridgehead atoms. The van der Waals surface area contributed by atoms with Crippen LogP contribution in [0.5, 0.6) is 0 Å². The van der Waals surface area contributed by atoms with E-state index in [1.165, 1.54) is 54.4 Å². The molecule has 3 N–H and O–H groups in total. The summed E-state index contributed by atoms with van der Waals surface area (Å²) in [5.41, 5.74) is 7.18. The average Bonchev–Trinajstić information content (AvgIpc) is 2.81. The van der Waals surface area contributed by atoms with Gasteiger partial charge in [0, 0.05) is 0 Å². The van der Waals surface area contributed by atoms with E-state index in [1.807, 2.05) is 6.07 Å². The van der Waals surface area contributed by atoms with Crippen LogP contribution >= 0.6 is 0 Å². The minimum atomic E-state index is -0.290. The second-order valence-electron chi connectivity index (χ2n) is 11.3. The van der Waals surface area contributed by atoms with Gasteiger partial charge in [-0.3, -0.25) is 0 Å². The summed E-state index contributed by atoms with van der Waals surface area (Å²) in [6.45, 7) is 8.46. The van der Waals surface area contributed by atoms with Gasteiger partial charge in [0.15, 0.2) is 0 Å². The van der Waals surface area contributed by atoms with Crippen LogP contribution in [0.4, 0.5) is 0 Å². The zero-order valence-electron chi connectivity index (χ0n) is 21.2. The molecule has 0 aliphatic heterocycles. The molecule has 2 aromatic rings. The SMILES string of the molecule is Cc1cc(C2(CCc3ccc(CO)c(CO)c3)CCCCC2)ccc1CCC(O)C(C)(C)C. The van der Waals surface area contributed by atoms with E-state index in [0.717, 1.165) is 36.8 Å². The third-order valence-electron chi connectivity index (χ3n) is 7.96. The normalized spacial score (nSPS) is 17.2. The lowest BCUT2D eigenvalue weighted by molar-refractivity contribution is 0.0559. The smallest absolute Gasteiger partial charge is 0.0685 e. The maximum atomic E-state index is 10.5. The summed E-state index contributed by atoms with van der Waals surface area (Å²) in [6, 6.07) is 13.2. The van der Waals surface area contributed by atoms with Crippen LogP contribution in [0.25, 0.3) is 0 Å². The highest BCUT2D eigenvalue weighted by atomic mass is 16.3. The van der Waals surface area contributed by atoms with Gasteiger partial charge >= 0.3 is 0 Å². The lowest BCUT2D eigenvalue weighted by Gasteiger charge is -2.39. The fourth-order valence-corrected chi connectivity index (χ4v) is 5.46. The first-order chi connectivity index (χ1) is 15.7. The third kappa shape index (κ3) is 6.47. The molecule has 0 radical (unpaired) electrons. The number of benzene rings is 2. The van der Waals surface area contributed by atoms with E-state index < -0.39 is 0 Å². The van der Waals surface area contributed by atoms with Crippen molar-refractivity contribution < 1.29 is 15.3 Å². The van der Waals surface area contributed by atoms with E-state index in [1.54, 1.807) is 0 Å². The summed E-state index contributed by atoms with van der Waals surface area (Å²) in [4.78, 5) is 0. The van der Waals surface area contributed by atoms with Crippen molar-refractivity contribution in [1.82, 2.24) is 0 Å². The predicted molar refractivity (Wildman–Crippen MR) is 136 cm³/mol. The third-order valence-corrected chi connectivity index (χ3v) is 7.96. The van der Waals surface area contributed by atoms with E-state index in [9.17, 15) is 15.3 Å². The molecule has 3 heteroatoms. The van der Waals surface area contributed by atoms with Gasteiger partial charge in [-0.1, -0.05) is 76.4 Å². The molecule has 2 aromatic carbocycles. The number of aryl methyl sites for hydroxylation is 3. The van der Waals surface area contributed by atoms with Crippen molar-refractivity contribution in [2.24, 2.45) is 5.41 Å². The molecule has 0 heterocycles. The van der Waals surface area contributed by atoms with E-state index >= 15 is 0 Å². The van der Waals surface area contributed by atoms with Crippen molar-refractivity contribution in [2.45, 2.75) is 110 Å². The van der Waals surface area contributed by atoms with E-state index in [-0.39, 0.29) is 30.1 Å². The van der Waals surface area contributed by atoms with Crippen LogP contribution in [0.3, 0.4) is 0 Å². The zero-order chi connectivity index (χ0) is 24.1. The zero-order valence-corrected chi connectivity index (χ0v) is 21.2. The Morgan fingerprint density at radius 3 is 2.12 bits per heavy atom. The maximum Gasteiger partial charge on any atom is 0.0685 e. The highest BCUT2D eigenvalue weighted by Crippen LogP contribution is 2.43. The number of aliphatic hydroxyl groups excluding tert-OH is 3. The Bertz CT molecular complexity index is 903. The van der Waals surface area contributed by atoms with Crippen LogP contribution in [0.1, 0.15) is 99.1 Å². The molecule has 0 spiro atoms. The van der Waals surface area contributed by atoms with E-state index in [2.05, 4.69) is 58.0 Å². The number of aliphatic hydroxyl groups is 3. The Balaban J connectivity index is 1.77. The fraction of sp³-hybridized carbons (Fsp3) is 0.600. The van der Waals surface area contributed by atoms with Crippen molar-refractivity contribution in [1.29, 1.82) is 0 Å². The van der Waals surface area contributed by atoms with Gasteiger partial charge in [-0.25, -0.2) is 0 Å². The van der Waals surface area contributed by atoms with Gasteiger partial charge in [0.2, 0.25) is 0 Å². The maximum absolute atomic E-state index is 10.5. The molecule has 182 valence electrons. The quantitative estimate of drug-likeness (QED) is 0.427. The summed E-state index contributed by atoms with van der Waals surface area (Å²) >= 11 is 0. The van der Waals surface area contributed by atoms with E-state index in [0.29, 0.717) is 0 Å². The van der Waals surface area contributed by atoms with Gasteiger partial charge in [0.05, 0.1) is 19.3 Å².